The number of benzene rings is 2. The Kier molecular flexibility index (Phi) is 8.06. The smallest absolute Gasteiger partial charge is 0.394 e. The molecule has 5 atom stereocenters. The van der Waals surface area contributed by atoms with E-state index in [9.17, 15) is 37.3 Å². The minimum atomic E-state index is -4.82. The second kappa shape index (κ2) is 11.2. The van der Waals surface area contributed by atoms with Crippen LogP contribution >= 0.6 is 23.2 Å². The van der Waals surface area contributed by atoms with E-state index in [1.807, 2.05) is 0 Å². The van der Waals surface area contributed by atoms with E-state index in [0.29, 0.717) is 0 Å². The van der Waals surface area contributed by atoms with Crippen molar-refractivity contribution in [3.63, 3.8) is 0 Å². The molecule has 1 aliphatic heterocycles. The van der Waals surface area contributed by atoms with Crippen LogP contribution in [-0.2, 0) is 10.9 Å². The van der Waals surface area contributed by atoms with E-state index in [4.69, 9.17) is 27.9 Å². The first-order valence-electron chi connectivity index (χ1n) is 12.3. The molecule has 3 N–H and O–H groups in total. The molecular formula is C26H22Cl2F5N5O4. The van der Waals surface area contributed by atoms with Gasteiger partial charge in [-0.15, -0.1) is 0 Å². The topological polar surface area (TPSA) is 118 Å². The number of ether oxygens (including phenoxy) is 1. The van der Waals surface area contributed by atoms with Gasteiger partial charge in [0, 0.05) is 22.3 Å². The van der Waals surface area contributed by atoms with Crippen LogP contribution in [0.4, 0.5) is 22.0 Å². The summed E-state index contributed by atoms with van der Waals surface area (Å²) in [5.41, 5.74) is -1.86. The number of aromatic nitrogens is 5. The van der Waals surface area contributed by atoms with Crippen molar-refractivity contribution in [3.8, 4) is 16.8 Å². The van der Waals surface area contributed by atoms with Gasteiger partial charge in [-0.1, -0.05) is 23.2 Å². The molecular weight excluding hydrogens is 612 g/mol. The van der Waals surface area contributed by atoms with E-state index in [-0.39, 0.29) is 33.4 Å². The number of halogens is 7. The maximum Gasteiger partial charge on any atom is 0.418 e. The van der Waals surface area contributed by atoms with Crippen LogP contribution < -0.4 is 0 Å². The van der Waals surface area contributed by atoms with Gasteiger partial charge in [0.15, 0.2) is 17.5 Å². The summed E-state index contributed by atoms with van der Waals surface area (Å²) < 4.78 is 78.7. The second-order valence-electron chi connectivity index (χ2n) is 9.73. The van der Waals surface area contributed by atoms with Crippen LogP contribution in [0.25, 0.3) is 16.8 Å². The summed E-state index contributed by atoms with van der Waals surface area (Å²) in [7, 11) is 0. The molecule has 42 heavy (non-hydrogen) atoms. The molecule has 3 heterocycles. The third kappa shape index (κ3) is 5.27. The number of aliphatic hydroxyl groups excluding tert-OH is 3. The second-order valence-corrected chi connectivity index (χ2v) is 10.6. The largest absolute Gasteiger partial charge is 0.418 e. The predicted molar refractivity (Wildman–Crippen MR) is 139 cm³/mol. The molecule has 4 aromatic rings. The summed E-state index contributed by atoms with van der Waals surface area (Å²) in [5.74, 6) is -2.78. The average Bonchev–Trinajstić information content (AvgIpc) is 3.53. The van der Waals surface area contributed by atoms with Crippen molar-refractivity contribution >= 4 is 23.2 Å². The lowest BCUT2D eigenvalue weighted by Gasteiger charge is -2.42. The van der Waals surface area contributed by atoms with Gasteiger partial charge in [0.25, 0.3) is 0 Å². The lowest BCUT2D eigenvalue weighted by molar-refractivity contribution is -0.210. The molecule has 1 fully saturated rings. The number of aliphatic hydroxyl groups is 3. The molecule has 0 radical (unpaired) electrons. The molecule has 1 saturated heterocycles. The van der Waals surface area contributed by atoms with E-state index < -0.39 is 71.1 Å². The Morgan fingerprint density at radius 1 is 1.05 bits per heavy atom. The molecule has 0 spiro atoms. The Morgan fingerprint density at radius 2 is 1.76 bits per heavy atom. The highest BCUT2D eigenvalue weighted by molar-refractivity contribution is 6.31. The highest BCUT2D eigenvalue weighted by atomic mass is 35.5. The van der Waals surface area contributed by atoms with Crippen LogP contribution in [0.1, 0.15) is 34.9 Å². The van der Waals surface area contributed by atoms with Gasteiger partial charge < -0.3 is 20.1 Å². The highest BCUT2D eigenvalue weighted by Gasteiger charge is 2.49. The van der Waals surface area contributed by atoms with Gasteiger partial charge in [0.2, 0.25) is 0 Å². The highest BCUT2D eigenvalue weighted by Crippen LogP contribution is 2.42. The van der Waals surface area contributed by atoms with E-state index in [1.54, 1.807) is 0 Å². The standard InChI is InChI=1S/C26H22Cl2F5N5O4/c1-10-5-13(27)6-16(18(10)26(31,32)33)38-25(35-11(2)36-38)24-23(41)21(22(40)17(9-39)42-24)37-8-12(7-34-37)14-3-4-15(28)20(30)19(14)29/h3-8,17,21-24,39-41H,9H2,1-2H3/t17-,21+,22+,23-,24-/m1/s1. The molecule has 1 aliphatic rings. The number of nitrogens with zero attached hydrogens (tertiary/aromatic N) is 5. The van der Waals surface area contributed by atoms with Crippen LogP contribution in [-0.4, -0.2) is 64.8 Å². The van der Waals surface area contributed by atoms with E-state index in [0.717, 1.165) is 33.8 Å². The van der Waals surface area contributed by atoms with Crippen molar-refractivity contribution in [2.75, 3.05) is 6.61 Å². The minimum Gasteiger partial charge on any atom is -0.394 e. The molecule has 0 aliphatic carbocycles. The van der Waals surface area contributed by atoms with E-state index >= 15 is 0 Å². The SMILES string of the molecule is Cc1nc([C@@H]2O[C@H](CO)[C@H](O)[C@H](n3cc(-c4ccc(Cl)c(F)c4F)cn3)[C@H]2O)n(-c2cc(Cl)cc(C)c2C(F)(F)F)n1. The van der Waals surface area contributed by atoms with Gasteiger partial charge in [-0.2, -0.15) is 23.4 Å². The fourth-order valence-corrected chi connectivity index (χ4v) is 5.48. The first-order chi connectivity index (χ1) is 19.7. The zero-order chi connectivity index (χ0) is 30.7. The molecule has 0 bridgehead atoms. The van der Waals surface area contributed by atoms with Crippen molar-refractivity contribution in [1.82, 2.24) is 24.5 Å². The van der Waals surface area contributed by atoms with Gasteiger partial charge in [-0.3, -0.25) is 4.68 Å². The molecule has 2 aromatic heterocycles. The van der Waals surface area contributed by atoms with Crippen LogP contribution in [0.5, 0.6) is 0 Å². The molecule has 2 aromatic carbocycles. The molecule has 224 valence electrons. The number of hydrogen-bond donors (Lipinski definition) is 3. The average molecular weight is 634 g/mol. The normalized spacial score (nSPS) is 23.0. The Balaban J connectivity index is 1.60. The van der Waals surface area contributed by atoms with Crippen LogP contribution in [0.2, 0.25) is 10.0 Å². The van der Waals surface area contributed by atoms with Crippen LogP contribution in [0.15, 0.2) is 36.7 Å². The Hall–Kier alpha value is -3.14. The molecule has 0 unspecified atom stereocenters. The Bertz CT molecular complexity index is 1650. The number of hydrogen-bond acceptors (Lipinski definition) is 7. The Morgan fingerprint density at radius 3 is 2.43 bits per heavy atom. The summed E-state index contributed by atoms with van der Waals surface area (Å²) in [6.07, 6.45) is -8.69. The molecule has 0 saturated carbocycles. The fraction of sp³-hybridized carbons (Fsp3) is 0.346. The zero-order valence-electron chi connectivity index (χ0n) is 21.7. The van der Waals surface area contributed by atoms with Crippen molar-refractivity contribution < 1.29 is 42.0 Å². The number of alkyl halides is 3. The van der Waals surface area contributed by atoms with Gasteiger partial charge in [-0.05, 0) is 43.7 Å². The maximum atomic E-state index is 14.6. The zero-order valence-corrected chi connectivity index (χ0v) is 23.2. The third-order valence-corrected chi connectivity index (χ3v) is 7.44. The third-order valence-electron chi connectivity index (χ3n) is 6.93. The summed E-state index contributed by atoms with van der Waals surface area (Å²) in [5, 5.41) is 40.1. The lowest BCUT2D eigenvalue weighted by atomic mass is 9.92. The van der Waals surface area contributed by atoms with Crippen molar-refractivity contribution in [2.24, 2.45) is 0 Å². The van der Waals surface area contributed by atoms with Crippen molar-refractivity contribution in [2.45, 2.75) is 50.5 Å². The predicted octanol–water partition coefficient (Wildman–Crippen LogP) is 4.75. The van der Waals surface area contributed by atoms with Gasteiger partial charge in [0.1, 0.15) is 36.3 Å². The van der Waals surface area contributed by atoms with Crippen molar-refractivity contribution in [3.05, 3.63) is 81.1 Å². The quantitative estimate of drug-likeness (QED) is 0.214. The van der Waals surface area contributed by atoms with E-state index in [1.165, 1.54) is 26.1 Å². The first-order valence-corrected chi connectivity index (χ1v) is 13.1. The molecule has 5 rings (SSSR count). The summed E-state index contributed by atoms with van der Waals surface area (Å²) in [4.78, 5) is 4.21. The van der Waals surface area contributed by atoms with E-state index in [2.05, 4.69) is 15.2 Å². The maximum absolute atomic E-state index is 14.6. The lowest BCUT2D eigenvalue weighted by Crippen LogP contribution is -2.53. The van der Waals surface area contributed by atoms with Crippen LogP contribution in [0.3, 0.4) is 0 Å². The summed E-state index contributed by atoms with van der Waals surface area (Å²) >= 11 is 11.7. The first kappa shape index (κ1) is 30.3. The molecule has 9 nitrogen and oxygen atoms in total. The molecule has 0 amide bonds. The minimum absolute atomic E-state index is 0.0174. The van der Waals surface area contributed by atoms with Gasteiger partial charge >= 0.3 is 6.18 Å². The number of aryl methyl sites for hydroxylation is 2. The molecule has 16 heteroatoms. The van der Waals surface area contributed by atoms with Gasteiger partial charge in [0.05, 0.1) is 29.1 Å². The van der Waals surface area contributed by atoms with Crippen LogP contribution in [0, 0.1) is 25.5 Å². The monoisotopic (exact) mass is 633 g/mol. The van der Waals surface area contributed by atoms with Crippen molar-refractivity contribution in [1.29, 1.82) is 0 Å². The number of rotatable bonds is 5. The summed E-state index contributed by atoms with van der Waals surface area (Å²) in [6, 6.07) is 3.16. The summed E-state index contributed by atoms with van der Waals surface area (Å²) in [6.45, 7) is 1.88. The fourth-order valence-electron chi connectivity index (χ4n) is 5.07. The van der Waals surface area contributed by atoms with Gasteiger partial charge in [-0.25, -0.2) is 18.4 Å². The Labute approximate surface area is 244 Å².